The molecule has 4 nitrogen and oxygen atoms in total. The van der Waals surface area contributed by atoms with Gasteiger partial charge in [0, 0.05) is 13.1 Å². The molecule has 1 rings (SSSR count). The van der Waals surface area contributed by atoms with E-state index in [1.165, 1.54) is 5.56 Å². The summed E-state index contributed by atoms with van der Waals surface area (Å²) in [7, 11) is 1.78. The van der Waals surface area contributed by atoms with E-state index in [2.05, 4.69) is 49.4 Å². The van der Waals surface area contributed by atoms with Crippen molar-refractivity contribution in [3.8, 4) is 5.75 Å². The van der Waals surface area contributed by atoms with Crippen molar-refractivity contribution in [3.63, 3.8) is 0 Å². The highest BCUT2D eigenvalue weighted by atomic mass is 127. The molecule has 0 fully saturated rings. The van der Waals surface area contributed by atoms with Crippen molar-refractivity contribution in [3.05, 3.63) is 29.8 Å². The maximum Gasteiger partial charge on any atom is 0.191 e. The molecule has 0 amide bonds. The van der Waals surface area contributed by atoms with Crippen molar-refractivity contribution in [1.82, 2.24) is 10.6 Å². The number of aliphatic imine (C=N–C) groups is 1. The first-order valence-corrected chi connectivity index (χ1v) is 7.19. The van der Waals surface area contributed by atoms with Crippen LogP contribution in [0.2, 0.25) is 0 Å². The summed E-state index contributed by atoms with van der Waals surface area (Å²) in [6, 6.07) is 8.46. The fraction of sp³-hybridized carbons (Fsp3) is 0.562. The third kappa shape index (κ3) is 8.14. The van der Waals surface area contributed by atoms with Crippen LogP contribution < -0.4 is 15.4 Å². The Labute approximate surface area is 145 Å². The molecular formula is C16H28IN3O. The van der Waals surface area contributed by atoms with E-state index in [1.54, 1.807) is 7.05 Å². The van der Waals surface area contributed by atoms with Crippen molar-refractivity contribution in [1.29, 1.82) is 0 Å². The highest BCUT2D eigenvalue weighted by molar-refractivity contribution is 14.0. The van der Waals surface area contributed by atoms with Gasteiger partial charge < -0.3 is 15.4 Å². The number of rotatable bonds is 6. The lowest BCUT2D eigenvalue weighted by Gasteiger charge is -2.20. The van der Waals surface area contributed by atoms with Crippen molar-refractivity contribution < 1.29 is 4.74 Å². The first-order valence-electron chi connectivity index (χ1n) is 7.19. The van der Waals surface area contributed by atoms with Crippen LogP contribution in [-0.4, -0.2) is 32.2 Å². The van der Waals surface area contributed by atoms with Crippen LogP contribution in [0.4, 0.5) is 0 Å². The molecule has 120 valence electrons. The number of guanidine groups is 1. The maximum atomic E-state index is 5.69. The van der Waals surface area contributed by atoms with Crippen LogP contribution in [0.3, 0.4) is 0 Å². The van der Waals surface area contributed by atoms with Crippen molar-refractivity contribution >= 4 is 29.9 Å². The van der Waals surface area contributed by atoms with E-state index in [-0.39, 0.29) is 24.0 Å². The van der Waals surface area contributed by atoms with E-state index in [9.17, 15) is 0 Å². The van der Waals surface area contributed by atoms with Crippen LogP contribution in [-0.2, 0) is 0 Å². The Bertz CT molecular complexity index is 435. The first-order chi connectivity index (χ1) is 9.52. The van der Waals surface area contributed by atoms with Crippen molar-refractivity contribution in [2.75, 3.05) is 20.2 Å². The quantitative estimate of drug-likeness (QED) is 0.331. The van der Waals surface area contributed by atoms with E-state index < -0.39 is 0 Å². The van der Waals surface area contributed by atoms with Crippen LogP contribution in [0, 0.1) is 12.8 Å². The van der Waals surface area contributed by atoms with Crippen LogP contribution >= 0.6 is 24.0 Å². The van der Waals surface area contributed by atoms with Gasteiger partial charge in [-0.25, -0.2) is 0 Å². The van der Waals surface area contributed by atoms with Gasteiger partial charge in [0.2, 0.25) is 0 Å². The van der Waals surface area contributed by atoms with Gasteiger partial charge in [0.25, 0.3) is 0 Å². The molecule has 0 radical (unpaired) electrons. The second-order valence-corrected chi connectivity index (χ2v) is 5.34. The maximum absolute atomic E-state index is 5.69. The molecule has 1 atom stereocenters. The Morgan fingerprint density at radius 3 is 2.57 bits per heavy atom. The van der Waals surface area contributed by atoms with Gasteiger partial charge in [0.1, 0.15) is 12.4 Å². The number of hydrogen-bond donors (Lipinski definition) is 2. The Balaban J connectivity index is 0.00000400. The van der Waals surface area contributed by atoms with Crippen LogP contribution in [0.5, 0.6) is 5.75 Å². The number of benzene rings is 1. The van der Waals surface area contributed by atoms with E-state index in [4.69, 9.17) is 4.74 Å². The highest BCUT2D eigenvalue weighted by Crippen LogP contribution is 2.11. The standard InChI is InChI=1S/C16H27N3O.HI/c1-12(2)14(4)19-16(17-5)18-9-10-20-15-8-6-7-13(3)11-15;/h6-8,11-12,14H,9-10H2,1-5H3,(H2,17,18,19);1H. The van der Waals surface area contributed by atoms with Crippen LogP contribution in [0.15, 0.2) is 29.3 Å². The number of nitrogens with one attached hydrogen (secondary N) is 2. The molecule has 0 saturated heterocycles. The fourth-order valence-corrected chi connectivity index (χ4v) is 1.62. The molecule has 0 saturated carbocycles. The third-order valence-electron chi connectivity index (χ3n) is 3.24. The molecule has 1 aromatic carbocycles. The zero-order chi connectivity index (χ0) is 15.0. The number of hydrogen-bond acceptors (Lipinski definition) is 2. The van der Waals surface area contributed by atoms with E-state index in [0.717, 1.165) is 18.3 Å². The van der Waals surface area contributed by atoms with Crippen LogP contribution in [0.25, 0.3) is 0 Å². The predicted molar refractivity (Wildman–Crippen MR) is 101 cm³/mol. The molecule has 1 aromatic rings. The van der Waals surface area contributed by atoms with Gasteiger partial charge in [-0.2, -0.15) is 0 Å². The molecule has 2 N–H and O–H groups in total. The lowest BCUT2D eigenvalue weighted by Crippen LogP contribution is -2.45. The molecule has 5 heteroatoms. The SMILES string of the molecule is CN=C(NCCOc1cccc(C)c1)NC(C)C(C)C.I. The monoisotopic (exact) mass is 405 g/mol. The predicted octanol–water partition coefficient (Wildman–Crippen LogP) is 3.20. The summed E-state index contributed by atoms with van der Waals surface area (Å²) in [5, 5.41) is 6.61. The Morgan fingerprint density at radius 1 is 1.29 bits per heavy atom. The summed E-state index contributed by atoms with van der Waals surface area (Å²) in [4.78, 5) is 4.21. The summed E-state index contributed by atoms with van der Waals surface area (Å²) in [5.74, 6) is 2.29. The second kappa shape index (κ2) is 10.7. The lowest BCUT2D eigenvalue weighted by molar-refractivity contribution is 0.321. The van der Waals surface area contributed by atoms with Gasteiger partial charge in [0.15, 0.2) is 5.96 Å². The topological polar surface area (TPSA) is 45.7 Å². The number of nitrogens with zero attached hydrogens (tertiary/aromatic N) is 1. The van der Waals surface area contributed by atoms with Crippen LogP contribution in [0.1, 0.15) is 26.3 Å². The largest absolute Gasteiger partial charge is 0.492 e. The Kier molecular flexibility index (Phi) is 10.2. The Morgan fingerprint density at radius 2 is 2.00 bits per heavy atom. The van der Waals surface area contributed by atoms with Gasteiger partial charge in [-0.1, -0.05) is 26.0 Å². The molecule has 0 aromatic heterocycles. The highest BCUT2D eigenvalue weighted by Gasteiger charge is 2.08. The van der Waals surface area contributed by atoms with Gasteiger partial charge >= 0.3 is 0 Å². The lowest BCUT2D eigenvalue weighted by atomic mass is 10.1. The molecule has 0 aliphatic heterocycles. The molecule has 0 heterocycles. The number of ether oxygens (including phenoxy) is 1. The van der Waals surface area contributed by atoms with Gasteiger partial charge in [-0.3, -0.25) is 4.99 Å². The zero-order valence-electron chi connectivity index (χ0n) is 13.6. The summed E-state index contributed by atoms with van der Waals surface area (Å²) < 4.78 is 5.69. The summed E-state index contributed by atoms with van der Waals surface area (Å²) >= 11 is 0. The molecule has 0 bridgehead atoms. The molecule has 1 unspecified atom stereocenters. The van der Waals surface area contributed by atoms with E-state index in [0.29, 0.717) is 18.6 Å². The smallest absolute Gasteiger partial charge is 0.191 e. The number of aryl methyl sites for hydroxylation is 1. The average molecular weight is 405 g/mol. The molecule has 21 heavy (non-hydrogen) atoms. The third-order valence-corrected chi connectivity index (χ3v) is 3.24. The zero-order valence-corrected chi connectivity index (χ0v) is 16.0. The molecule has 0 spiro atoms. The fourth-order valence-electron chi connectivity index (χ4n) is 1.62. The first kappa shape index (κ1) is 20.0. The summed E-state index contributed by atoms with van der Waals surface area (Å²) in [6.07, 6.45) is 0. The van der Waals surface area contributed by atoms with E-state index in [1.807, 2.05) is 18.2 Å². The van der Waals surface area contributed by atoms with Gasteiger partial charge in [0.05, 0.1) is 6.54 Å². The van der Waals surface area contributed by atoms with E-state index >= 15 is 0 Å². The average Bonchev–Trinajstić information content (AvgIpc) is 2.41. The minimum Gasteiger partial charge on any atom is -0.492 e. The Hall–Kier alpha value is -0.980. The van der Waals surface area contributed by atoms with Crippen molar-refractivity contribution in [2.24, 2.45) is 10.9 Å². The molecule has 0 aliphatic carbocycles. The minimum atomic E-state index is 0. The molecule has 0 aliphatic rings. The summed E-state index contributed by atoms with van der Waals surface area (Å²) in [6.45, 7) is 9.92. The number of halogens is 1. The van der Waals surface area contributed by atoms with Crippen molar-refractivity contribution in [2.45, 2.75) is 33.7 Å². The van der Waals surface area contributed by atoms with Gasteiger partial charge in [-0.05, 0) is 37.5 Å². The summed E-state index contributed by atoms with van der Waals surface area (Å²) in [5.41, 5.74) is 1.21. The van der Waals surface area contributed by atoms with Gasteiger partial charge in [-0.15, -0.1) is 24.0 Å². The second-order valence-electron chi connectivity index (χ2n) is 5.34. The minimum absolute atomic E-state index is 0. The molecular weight excluding hydrogens is 377 g/mol. The normalized spacial score (nSPS) is 12.6.